The molecule has 3 aromatic rings. The van der Waals surface area contributed by atoms with Crippen LogP contribution in [0.25, 0.3) is 0 Å². The summed E-state index contributed by atoms with van der Waals surface area (Å²) in [6, 6.07) is 17.5. The minimum Gasteiger partial charge on any atom is -0.326 e. The summed E-state index contributed by atoms with van der Waals surface area (Å²) in [5.41, 5.74) is 4.35. The Kier molecular flexibility index (Phi) is 8.36. The van der Waals surface area contributed by atoms with Gasteiger partial charge in [-0.05, 0) is 59.1 Å². The molecule has 2 unspecified atom stereocenters. The molecule has 0 amide bonds. The van der Waals surface area contributed by atoms with Crippen LogP contribution in [0.2, 0.25) is 10.0 Å². The van der Waals surface area contributed by atoms with Crippen LogP contribution in [0.1, 0.15) is 33.7 Å². The maximum absolute atomic E-state index is 13.1. The molecular formula is C24H25Cl2N2O5PS. The number of nitrogens with zero attached hydrogens (tertiary/aromatic N) is 1. The Morgan fingerprint density at radius 3 is 2.54 bits per heavy atom. The van der Waals surface area contributed by atoms with Crippen LogP contribution in [0.4, 0.5) is 0 Å². The van der Waals surface area contributed by atoms with Crippen LogP contribution in [0.5, 0.6) is 0 Å². The van der Waals surface area contributed by atoms with Crippen molar-refractivity contribution in [2.75, 3.05) is 13.6 Å². The van der Waals surface area contributed by atoms with Crippen molar-refractivity contribution in [1.82, 2.24) is 9.62 Å². The van der Waals surface area contributed by atoms with E-state index in [-0.39, 0.29) is 24.0 Å². The van der Waals surface area contributed by atoms with Crippen molar-refractivity contribution in [1.29, 1.82) is 0 Å². The Balaban J connectivity index is 1.52. The third kappa shape index (κ3) is 6.53. The number of likely N-dealkylation sites (N-methyl/N-ethyl adjacent to an activating group) is 1. The molecule has 1 aliphatic rings. The lowest BCUT2D eigenvalue weighted by Crippen LogP contribution is -2.31. The second-order valence-corrected chi connectivity index (χ2v) is 11.9. The molecule has 2 N–H and O–H groups in total. The summed E-state index contributed by atoms with van der Waals surface area (Å²) < 4.78 is 44.2. The molecule has 0 fully saturated rings. The van der Waals surface area contributed by atoms with Crippen molar-refractivity contribution in [3.8, 4) is 0 Å². The van der Waals surface area contributed by atoms with Gasteiger partial charge in [-0.1, -0.05) is 59.6 Å². The predicted molar refractivity (Wildman–Crippen MR) is 138 cm³/mol. The monoisotopic (exact) mass is 554 g/mol. The lowest BCUT2D eigenvalue weighted by atomic mass is 9.85. The van der Waals surface area contributed by atoms with Gasteiger partial charge >= 0.3 is 8.25 Å². The minimum atomic E-state index is -3.77. The Morgan fingerprint density at radius 2 is 1.83 bits per heavy atom. The van der Waals surface area contributed by atoms with Gasteiger partial charge in [0.05, 0.1) is 11.5 Å². The molecule has 4 rings (SSSR count). The zero-order chi connectivity index (χ0) is 25.2. The molecule has 0 radical (unpaired) electrons. The smallest absolute Gasteiger partial charge is 0.316 e. The van der Waals surface area contributed by atoms with E-state index in [1.807, 2.05) is 19.2 Å². The lowest BCUT2D eigenvalue weighted by Gasteiger charge is -2.33. The average Bonchev–Trinajstić information content (AvgIpc) is 2.82. The Hall–Kier alpha value is -1.74. The Labute approximate surface area is 215 Å². The molecule has 11 heteroatoms. The first kappa shape index (κ1) is 26.3. The normalized spacial score (nSPS) is 17.2. The second-order valence-electron chi connectivity index (χ2n) is 8.47. The molecule has 186 valence electrons. The van der Waals surface area contributed by atoms with Gasteiger partial charge in [-0.15, -0.1) is 0 Å². The van der Waals surface area contributed by atoms with Crippen LogP contribution in [-0.2, 0) is 38.8 Å². The first-order valence-corrected chi connectivity index (χ1v) is 14.3. The molecule has 7 nitrogen and oxygen atoms in total. The quantitative estimate of drug-likeness (QED) is 0.382. The number of nitrogens with one attached hydrogen (secondary N) is 1. The van der Waals surface area contributed by atoms with Gasteiger partial charge in [0.15, 0.2) is 0 Å². The van der Waals surface area contributed by atoms with E-state index in [0.29, 0.717) is 23.1 Å². The van der Waals surface area contributed by atoms with E-state index in [2.05, 4.69) is 9.62 Å². The van der Waals surface area contributed by atoms with Crippen LogP contribution in [-0.4, -0.2) is 31.8 Å². The molecule has 0 aliphatic carbocycles. The van der Waals surface area contributed by atoms with E-state index in [9.17, 15) is 13.0 Å². The van der Waals surface area contributed by atoms with Gasteiger partial charge < -0.3 is 14.3 Å². The number of hydrogen-bond donors (Lipinski definition) is 2. The number of fused-ring (bicyclic) bond motifs is 1. The highest BCUT2D eigenvalue weighted by Gasteiger charge is 2.28. The largest absolute Gasteiger partial charge is 0.326 e. The van der Waals surface area contributed by atoms with E-state index < -0.39 is 18.3 Å². The molecular weight excluding hydrogens is 530 g/mol. The van der Waals surface area contributed by atoms with E-state index >= 15 is 0 Å². The first-order chi connectivity index (χ1) is 16.6. The summed E-state index contributed by atoms with van der Waals surface area (Å²) in [4.78, 5) is 11.1. The zero-order valence-electron chi connectivity index (χ0n) is 18.9. The SMILES string of the molecule is CN1Cc2c(Cl)cc(Cl)cc2C(c2cccc(S(=O)(=O)NCc3ccc(CO[PH](=O)O)cc3)c2)C1. The number of benzene rings is 3. The summed E-state index contributed by atoms with van der Waals surface area (Å²) in [7, 11) is -4.76. The summed E-state index contributed by atoms with van der Waals surface area (Å²) in [5, 5.41) is 1.16. The fourth-order valence-corrected chi connectivity index (χ4v) is 6.12. The third-order valence-electron chi connectivity index (χ3n) is 5.91. The van der Waals surface area contributed by atoms with Crippen molar-refractivity contribution in [2.45, 2.75) is 30.5 Å². The minimum absolute atomic E-state index is 0.0169. The molecule has 0 saturated carbocycles. The van der Waals surface area contributed by atoms with Gasteiger partial charge in [-0.2, -0.15) is 0 Å². The number of halogens is 2. The summed E-state index contributed by atoms with van der Waals surface area (Å²) >= 11 is 12.7. The van der Waals surface area contributed by atoms with Crippen molar-refractivity contribution >= 4 is 41.5 Å². The van der Waals surface area contributed by atoms with E-state index in [1.165, 1.54) is 0 Å². The number of hydrogen-bond acceptors (Lipinski definition) is 5. The van der Waals surface area contributed by atoms with Gasteiger partial charge in [0.25, 0.3) is 0 Å². The van der Waals surface area contributed by atoms with Crippen molar-refractivity contribution in [3.63, 3.8) is 0 Å². The van der Waals surface area contributed by atoms with Crippen molar-refractivity contribution in [2.24, 2.45) is 0 Å². The van der Waals surface area contributed by atoms with Crippen molar-refractivity contribution in [3.05, 3.63) is 98.5 Å². The maximum Gasteiger partial charge on any atom is 0.316 e. The molecule has 0 aromatic heterocycles. The Bertz CT molecular complexity index is 1350. The molecule has 3 aromatic carbocycles. The third-order valence-corrected chi connectivity index (χ3v) is 8.26. The molecule has 1 aliphatic heterocycles. The van der Waals surface area contributed by atoms with E-state index in [0.717, 1.165) is 27.8 Å². The molecule has 0 spiro atoms. The van der Waals surface area contributed by atoms with Crippen molar-refractivity contribution < 1.29 is 22.4 Å². The predicted octanol–water partition coefficient (Wildman–Crippen LogP) is 4.95. The molecule has 0 bridgehead atoms. The molecule has 0 saturated heterocycles. The number of rotatable bonds is 8. The molecule has 1 heterocycles. The standard InChI is InChI=1S/C24H25Cl2N2O5PS/c1-28-13-22(21-10-19(25)11-24(26)23(21)14-28)18-3-2-4-20(9-18)35(31,32)27-12-16-5-7-17(8-6-16)15-33-34(29)30/h2-11,22,27,34H,12-15H2,1H3,(H,29,30). The topological polar surface area (TPSA) is 95.9 Å². The van der Waals surface area contributed by atoms with Crippen LogP contribution >= 0.6 is 31.5 Å². The fraction of sp³-hybridized carbons (Fsp3) is 0.250. The van der Waals surface area contributed by atoms with Crippen LogP contribution in [0.15, 0.2) is 65.6 Å². The van der Waals surface area contributed by atoms with Crippen LogP contribution in [0, 0.1) is 0 Å². The van der Waals surface area contributed by atoms with Crippen LogP contribution in [0.3, 0.4) is 0 Å². The van der Waals surface area contributed by atoms with Crippen LogP contribution < -0.4 is 4.72 Å². The summed E-state index contributed by atoms with van der Waals surface area (Å²) in [6.45, 7) is 1.53. The highest BCUT2D eigenvalue weighted by atomic mass is 35.5. The summed E-state index contributed by atoms with van der Waals surface area (Å²) in [5.74, 6) is -0.0697. The lowest BCUT2D eigenvalue weighted by molar-refractivity contribution is 0.272. The molecule has 2 atom stereocenters. The zero-order valence-corrected chi connectivity index (χ0v) is 22.2. The highest BCUT2D eigenvalue weighted by Crippen LogP contribution is 2.38. The average molecular weight is 555 g/mol. The highest BCUT2D eigenvalue weighted by molar-refractivity contribution is 7.89. The van der Waals surface area contributed by atoms with Gasteiger partial charge in [-0.25, -0.2) is 13.1 Å². The van der Waals surface area contributed by atoms with Gasteiger partial charge in [0.2, 0.25) is 10.0 Å². The molecule has 35 heavy (non-hydrogen) atoms. The van der Waals surface area contributed by atoms with E-state index in [4.69, 9.17) is 32.6 Å². The first-order valence-electron chi connectivity index (χ1n) is 10.8. The second kappa shape index (κ2) is 11.1. The van der Waals surface area contributed by atoms with Gasteiger partial charge in [0.1, 0.15) is 0 Å². The number of sulfonamides is 1. The Morgan fingerprint density at radius 1 is 1.11 bits per heavy atom. The summed E-state index contributed by atoms with van der Waals surface area (Å²) in [6.07, 6.45) is 0. The fourth-order valence-electron chi connectivity index (χ4n) is 4.19. The van der Waals surface area contributed by atoms with Gasteiger partial charge in [-0.3, -0.25) is 4.57 Å². The van der Waals surface area contributed by atoms with Gasteiger partial charge in [0, 0.05) is 35.6 Å². The van der Waals surface area contributed by atoms with E-state index in [1.54, 1.807) is 48.5 Å². The maximum atomic E-state index is 13.1.